The number of aromatic nitrogens is 5. The molecule has 7 rings (SSSR count). The highest BCUT2D eigenvalue weighted by Gasteiger charge is 2.45. The zero-order valence-corrected chi connectivity index (χ0v) is 28.4. The first-order valence-corrected chi connectivity index (χ1v) is 17.1. The van der Waals surface area contributed by atoms with Gasteiger partial charge in [0.15, 0.2) is 0 Å². The smallest absolute Gasteiger partial charge is 0.350 e. The third-order valence-corrected chi connectivity index (χ3v) is 9.67. The minimum atomic E-state index is -1.04. The molecule has 4 heterocycles. The van der Waals surface area contributed by atoms with Gasteiger partial charge < -0.3 is 24.0 Å². The molecule has 2 aliphatic heterocycles. The summed E-state index contributed by atoms with van der Waals surface area (Å²) in [5, 5.41) is 12.8. The highest BCUT2D eigenvalue weighted by atomic mass is 35.5. The Hall–Kier alpha value is -4.71. The molecule has 5 aromatic rings. The fraction of sp³-hybridized carbons (Fsp3) is 0.351. The predicted molar refractivity (Wildman–Crippen MR) is 189 cm³/mol. The molecule has 0 bridgehead atoms. The van der Waals surface area contributed by atoms with Crippen LogP contribution in [0.4, 0.5) is 11.4 Å². The number of piperazine rings is 1. The molecule has 49 heavy (non-hydrogen) atoms. The molecule has 0 amide bonds. The van der Waals surface area contributed by atoms with Gasteiger partial charge in [-0.3, -0.25) is 0 Å². The van der Waals surface area contributed by atoms with Crippen molar-refractivity contribution in [2.45, 2.75) is 44.6 Å². The lowest BCUT2D eigenvalue weighted by molar-refractivity contribution is -0.178. The molecule has 2 saturated heterocycles. The average molecular weight is 682 g/mol. The lowest BCUT2D eigenvalue weighted by atomic mass is 9.98. The third kappa shape index (κ3) is 7.05. The van der Waals surface area contributed by atoms with Gasteiger partial charge in [0.25, 0.3) is 0 Å². The van der Waals surface area contributed by atoms with Crippen molar-refractivity contribution in [3.63, 3.8) is 0 Å². The first-order chi connectivity index (χ1) is 23.9. The average Bonchev–Trinajstić information content (AvgIpc) is 3.75. The van der Waals surface area contributed by atoms with E-state index in [2.05, 4.69) is 56.3 Å². The van der Waals surface area contributed by atoms with Crippen LogP contribution in [-0.2, 0) is 21.7 Å². The Morgan fingerprint density at radius 3 is 2.24 bits per heavy atom. The van der Waals surface area contributed by atoms with Crippen LogP contribution in [0, 0.1) is 0 Å². The van der Waals surface area contributed by atoms with Crippen molar-refractivity contribution in [2.75, 3.05) is 49.2 Å². The highest BCUT2D eigenvalue weighted by molar-refractivity contribution is 6.31. The molecule has 12 heteroatoms. The van der Waals surface area contributed by atoms with Crippen LogP contribution in [0.2, 0.25) is 5.02 Å². The summed E-state index contributed by atoms with van der Waals surface area (Å²) >= 11 is 6.60. The van der Waals surface area contributed by atoms with Crippen LogP contribution >= 0.6 is 11.6 Å². The minimum Gasteiger partial charge on any atom is -0.491 e. The maximum atomic E-state index is 12.8. The molecule has 0 radical (unpaired) electrons. The second-order valence-electron chi connectivity index (χ2n) is 12.5. The molecule has 2 fully saturated rings. The van der Waals surface area contributed by atoms with E-state index in [0.717, 1.165) is 66.5 Å². The van der Waals surface area contributed by atoms with Crippen molar-refractivity contribution in [2.24, 2.45) is 0 Å². The van der Waals surface area contributed by atoms with E-state index in [1.54, 1.807) is 28.0 Å². The molecular weight excluding hydrogens is 642 g/mol. The zero-order chi connectivity index (χ0) is 33.8. The molecule has 0 N–H and O–H groups in total. The normalized spacial score (nSPS) is 20.0. The molecule has 254 valence electrons. The fourth-order valence-corrected chi connectivity index (χ4v) is 6.68. The van der Waals surface area contributed by atoms with Crippen LogP contribution in [0.1, 0.15) is 37.4 Å². The van der Waals surface area contributed by atoms with Gasteiger partial charge in [0.2, 0.25) is 5.79 Å². The summed E-state index contributed by atoms with van der Waals surface area (Å²) in [6.45, 7) is 8.35. The Labute approximate surface area is 290 Å². The van der Waals surface area contributed by atoms with E-state index in [1.807, 2.05) is 61.5 Å². The summed E-state index contributed by atoms with van der Waals surface area (Å²) in [5.41, 5.74) is 4.72. The highest BCUT2D eigenvalue weighted by Crippen LogP contribution is 2.41. The van der Waals surface area contributed by atoms with Crippen LogP contribution < -0.4 is 20.2 Å². The summed E-state index contributed by atoms with van der Waals surface area (Å²) in [6, 6.07) is 25.9. The standard InChI is InChI=1S/C37H40ClN7O4/c1-3-27(2)45-36(46)44(26-41-45)31-10-8-29(9-11-31)42-18-20-43(21-19-42)30-12-14-32(15-13-30)47-24-33-25-48-37(49-33,22-28-16-17-39-40-23-28)34-6-4-5-7-35(34)38/h4-17,23,26-27,33H,3,18-22,24-25H2,1-2H3/t27?,33-,37+/m1/s1. The number of nitrogens with zero attached hydrogens (tertiary/aromatic N) is 7. The Morgan fingerprint density at radius 2 is 1.59 bits per heavy atom. The number of hydrogen-bond acceptors (Lipinski definition) is 9. The van der Waals surface area contributed by atoms with Crippen LogP contribution in [0.5, 0.6) is 5.75 Å². The lowest BCUT2D eigenvalue weighted by Gasteiger charge is -2.37. The van der Waals surface area contributed by atoms with Gasteiger partial charge in [-0.25, -0.2) is 14.0 Å². The summed E-state index contributed by atoms with van der Waals surface area (Å²) < 4.78 is 22.2. The number of halogens is 1. The Kier molecular flexibility index (Phi) is 9.65. The summed E-state index contributed by atoms with van der Waals surface area (Å²) in [7, 11) is 0. The van der Waals surface area contributed by atoms with Crippen molar-refractivity contribution >= 4 is 23.0 Å². The molecule has 0 aliphatic carbocycles. The molecular formula is C37H40ClN7O4. The molecule has 2 aromatic heterocycles. The third-order valence-electron chi connectivity index (χ3n) is 9.34. The van der Waals surface area contributed by atoms with Crippen molar-refractivity contribution in [1.82, 2.24) is 24.5 Å². The predicted octanol–water partition coefficient (Wildman–Crippen LogP) is 5.66. The monoisotopic (exact) mass is 681 g/mol. The van der Waals surface area contributed by atoms with E-state index in [1.165, 1.54) is 0 Å². The van der Waals surface area contributed by atoms with Crippen molar-refractivity contribution < 1.29 is 14.2 Å². The van der Waals surface area contributed by atoms with Gasteiger partial charge in [0.1, 0.15) is 24.8 Å². The van der Waals surface area contributed by atoms with E-state index in [9.17, 15) is 4.79 Å². The molecule has 0 saturated carbocycles. The van der Waals surface area contributed by atoms with E-state index in [4.69, 9.17) is 25.8 Å². The topological polar surface area (TPSA) is 99.8 Å². The number of benzene rings is 3. The maximum absolute atomic E-state index is 12.8. The first-order valence-electron chi connectivity index (χ1n) is 16.7. The Balaban J connectivity index is 0.925. The number of ether oxygens (including phenoxy) is 3. The number of hydrogen-bond donors (Lipinski definition) is 0. The number of anilines is 2. The van der Waals surface area contributed by atoms with Crippen molar-refractivity contribution in [3.8, 4) is 11.4 Å². The van der Waals surface area contributed by atoms with Gasteiger partial charge >= 0.3 is 5.69 Å². The van der Waals surface area contributed by atoms with Gasteiger partial charge in [-0.2, -0.15) is 15.3 Å². The first kappa shape index (κ1) is 32.8. The van der Waals surface area contributed by atoms with Gasteiger partial charge in [-0.05, 0) is 79.6 Å². The van der Waals surface area contributed by atoms with E-state index in [0.29, 0.717) is 24.7 Å². The summed E-state index contributed by atoms with van der Waals surface area (Å²) in [6.07, 6.45) is 5.99. The molecule has 3 aromatic carbocycles. The van der Waals surface area contributed by atoms with Crippen LogP contribution in [0.15, 0.2) is 102 Å². The van der Waals surface area contributed by atoms with Gasteiger partial charge in [-0.15, -0.1) is 0 Å². The molecule has 11 nitrogen and oxygen atoms in total. The lowest BCUT2D eigenvalue weighted by Crippen LogP contribution is -2.46. The van der Waals surface area contributed by atoms with Crippen molar-refractivity contribution in [1.29, 1.82) is 0 Å². The van der Waals surface area contributed by atoms with Gasteiger partial charge in [0, 0.05) is 60.8 Å². The van der Waals surface area contributed by atoms with Crippen LogP contribution in [0.3, 0.4) is 0 Å². The molecule has 1 unspecified atom stereocenters. The largest absolute Gasteiger partial charge is 0.491 e. The minimum absolute atomic E-state index is 0.0680. The van der Waals surface area contributed by atoms with Crippen LogP contribution in [0.25, 0.3) is 5.69 Å². The van der Waals surface area contributed by atoms with E-state index < -0.39 is 5.79 Å². The second-order valence-corrected chi connectivity index (χ2v) is 12.9. The van der Waals surface area contributed by atoms with Crippen LogP contribution in [-0.4, -0.2) is 70.0 Å². The SMILES string of the molecule is CCC(C)n1ncn(-c2ccc(N3CCN(c4ccc(OC[C@@H]5CO[C@](Cc6ccnnc6)(c6ccccc6Cl)O5)cc4)CC3)cc2)c1=O. The fourth-order valence-electron chi connectivity index (χ4n) is 6.40. The summed E-state index contributed by atoms with van der Waals surface area (Å²) in [5.74, 6) is -0.270. The number of rotatable bonds is 11. The van der Waals surface area contributed by atoms with E-state index in [-0.39, 0.29) is 17.8 Å². The second kappa shape index (κ2) is 14.4. The quantitative estimate of drug-likeness (QED) is 0.175. The molecule has 0 spiro atoms. The van der Waals surface area contributed by atoms with Gasteiger partial charge in [-0.1, -0.05) is 36.7 Å². The van der Waals surface area contributed by atoms with Gasteiger partial charge in [0.05, 0.1) is 24.5 Å². The summed E-state index contributed by atoms with van der Waals surface area (Å²) in [4.78, 5) is 17.6. The molecule has 3 atom stereocenters. The Morgan fingerprint density at radius 1 is 0.918 bits per heavy atom. The zero-order valence-electron chi connectivity index (χ0n) is 27.7. The van der Waals surface area contributed by atoms with Crippen molar-refractivity contribution in [3.05, 3.63) is 124 Å². The molecule has 2 aliphatic rings. The van der Waals surface area contributed by atoms with E-state index >= 15 is 0 Å². The Bertz CT molecular complexity index is 1890. The maximum Gasteiger partial charge on any atom is 0.350 e.